The molecule has 1 N–H and O–H groups in total. The molecule has 11 heteroatoms. The van der Waals surface area contributed by atoms with E-state index in [1.54, 1.807) is 30.3 Å². The molecular weight excluding hydrogens is 432 g/mol. The summed E-state index contributed by atoms with van der Waals surface area (Å²) in [5.74, 6) is 0.316. The molecule has 166 valence electrons. The predicted octanol–water partition coefficient (Wildman–Crippen LogP) is 4.96. The lowest BCUT2D eigenvalue weighted by atomic mass is 10.1. The van der Waals surface area contributed by atoms with Crippen molar-refractivity contribution in [1.82, 2.24) is 4.98 Å². The molecule has 0 unspecified atom stereocenters. The average Bonchev–Trinajstić information content (AvgIpc) is 3.22. The number of hydrogen-bond acceptors (Lipinski definition) is 8. The molecule has 0 atom stereocenters. The summed E-state index contributed by atoms with van der Waals surface area (Å²) in [6.07, 6.45) is 0. The Hall–Kier alpha value is -4.80. The molecule has 4 aromatic rings. The molecule has 33 heavy (non-hydrogen) atoms. The second kappa shape index (κ2) is 8.75. The van der Waals surface area contributed by atoms with E-state index in [4.69, 9.17) is 9.15 Å². The van der Waals surface area contributed by atoms with Crippen molar-refractivity contribution in [3.63, 3.8) is 0 Å². The van der Waals surface area contributed by atoms with Gasteiger partial charge < -0.3 is 14.5 Å². The molecule has 1 amide bonds. The van der Waals surface area contributed by atoms with Gasteiger partial charge in [-0.05, 0) is 55.5 Å². The highest BCUT2D eigenvalue weighted by atomic mass is 16.6. The monoisotopic (exact) mass is 448 g/mol. The van der Waals surface area contributed by atoms with Crippen molar-refractivity contribution in [2.75, 3.05) is 11.9 Å². The zero-order chi connectivity index (χ0) is 23.5. The maximum Gasteiger partial charge on any atom is 0.289 e. The standard InChI is InChI=1S/C22H16N4O7/c1-2-32-16-7-3-13(4-8-16)22-24-18-11-14(5-10-20(18)33-22)23-21(27)17-9-6-15(25(28)29)12-19(17)26(30)31/h3-12H,2H2,1H3,(H,23,27). The van der Waals surface area contributed by atoms with E-state index >= 15 is 0 Å². The smallest absolute Gasteiger partial charge is 0.289 e. The molecule has 0 radical (unpaired) electrons. The van der Waals surface area contributed by atoms with Gasteiger partial charge in [0.1, 0.15) is 16.8 Å². The minimum Gasteiger partial charge on any atom is -0.494 e. The molecule has 0 fully saturated rings. The van der Waals surface area contributed by atoms with Crippen molar-refractivity contribution >= 4 is 34.1 Å². The fourth-order valence-electron chi connectivity index (χ4n) is 3.16. The van der Waals surface area contributed by atoms with Gasteiger partial charge in [-0.3, -0.25) is 25.0 Å². The normalized spacial score (nSPS) is 10.7. The number of amides is 1. The average molecular weight is 448 g/mol. The number of nitrogens with one attached hydrogen (secondary N) is 1. The molecule has 4 rings (SSSR count). The number of fused-ring (bicyclic) bond motifs is 1. The van der Waals surface area contributed by atoms with Gasteiger partial charge in [-0.25, -0.2) is 4.98 Å². The molecule has 0 bridgehead atoms. The third-order valence-electron chi connectivity index (χ3n) is 4.69. The molecule has 0 saturated carbocycles. The van der Waals surface area contributed by atoms with Crippen LogP contribution in [0, 0.1) is 20.2 Å². The molecule has 0 aliphatic carbocycles. The third kappa shape index (κ3) is 4.46. The van der Waals surface area contributed by atoms with Crippen LogP contribution in [0.1, 0.15) is 17.3 Å². The molecule has 11 nitrogen and oxygen atoms in total. The summed E-state index contributed by atoms with van der Waals surface area (Å²) in [4.78, 5) is 37.6. The van der Waals surface area contributed by atoms with Crippen molar-refractivity contribution in [1.29, 1.82) is 0 Å². The zero-order valence-corrected chi connectivity index (χ0v) is 17.2. The van der Waals surface area contributed by atoms with Gasteiger partial charge in [-0.1, -0.05) is 0 Å². The molecular formula is C22H16N4O7. The first-order valence-electron chi connectivity index (χ1n) is 9.73. The number of nitrogens with zero attached hydrogens (tertiary/aromatic N) is 3. The number of non-ortho nitro benzene ring substituents is 1. The highest BCUT2D eigenvalue weighted by molar-refractivity contribution is 6.07. The van der Waals surface area contributed by atoms with Crippen LogP contribution >= 0.6 is 0 Å². The molecule has 1 heterocycles. The maximum atomic E-state index is 12.6. The van der Waals surface area contributed by atoms with E-state index in [1.807, 2.05) is 19.1 Å². The summed E-state index contributed by atoms with van der Waals surface area (Å²) in [5, 5.41) is 24.7. The highest BCUT2D eigenvalue weighted by Gasteiger charge is 2.24. The Morgan fingerprint density at radius 1 is 1.03 bits per heavy atom. The molecule has 0 saturated heterocycles. The fourth-order valence-corrected chi connectivity index (χ4v) is 3.16. The van der Waals surface area contributed by atoms with E-state index in [0.717, 1.165) is 29.5 Å². The summed E-state index contributed by atoms with van der Waals surface area (Å²) in [6.45, 7) is 2.45. The largest absolute Gasteiger partial charge is 0.494 e. The Morgan fingerprint density at radius 2 is 1.79 bits per heavy atom. The van der Waals surface area contributed by atoms with E-state index in [0.29, 0.717) is 29.3 Å². The second-order valence-corrected chi connectivity index (χ2v) is 6.83. The summed E-state index contributed by atoms with van der Waals surface area (Å²) in [6, 6.07) is 14.8. The van der Waals surface area contributed by atoms with Crippen LogP contribution in [0.25, 0.3) is 22.6 Å². The van der Waals surface area contributed by atoms with E-state index in [2.05, 4.69) is 10.3 Å². The number of benzene rings is 3. The number of nitro benzene ring substituents is 2. The predicted molar refractivity (Wildman–Crippen MR) is 118 cm³/mol. The summed E-state index contributed by atoms with van der Waals surface area (Å²) < 4.78 is 11.2. The van der Waals surface area contributed by atoms with Gasteiger partial charge in [-0.15, -0.1) is 0 Å². The van der Waals surface area contributed by atoms with Crippen LogP contribution in [0.5, 0.6) is 5.75 Å². The molecule has 1 aromatic heterocycles. The molecule has 0 aliphatic rings. The summed E-state index contributed by atoms with van der Waals surface area (Å²) in [5.41, 5.74) is 0.563. The van der Waals surface area contributed by atoms with Crippen molar-refractivity contribution < 1.29 is 23.8 Å². The molecule has 0 spiro atoms. The molecule has 3 aromatic carbocycles. The second-order valence-electron chi connectivity index (χ2n) is 6.83. The van der Waals surface area contributed by atoms with E-state index in [-0.39, 0.29) is 5.56 Å². The van der Waals surface area contributed by atoms with Crippen LogP contribution in [0.15, 0.2) is 65.1 Å². The first kappa shape index (κ1) is 21.4. The third-order valence-corrected chi connectivity index (χ3v) is 4.69. The Morgan fingerprint density at radius 3 is 2.45 bits per heavy atom. The van der Waals surface area contributed by atoms with Gasteiger partial charge in [0.25, 0.3) is 17.3 Å². The lowest BCUT2D eigenvalue weighted by Gasteiger charge is -2.05. The summed E-state index contributed by atoms with van der Waals surface area (Å²) in [7, 11) is 0. The minimum absolute atomic E-state index is 0.305. The van der Waals surface area contributed by atoms with Gasteiger partial charge in [0.15, 0.2) is 5.58 Å². The first-order chi connectivity index (χ1) is 15.9. The van der Waals surface area contributed by atoms with Gasteiger partial charge in [0, 0.05) is 17.3 Å². The number of ether oxygens (including phenoxy) is 1. The van der Waals surface area contributed by atoms with E-state index in [9.17, 15) is 25.0 Å². The Labute approximate surface area is 185 Å². The van der Waals surface area contributed by atoms with Crippen LogP contribution in [-0.4, -0.2) is 27.3 Å². The first-order valence-corrected chi connectivity index (χ1v) is 9.73. The van der Waals surface area contributed by atoms with Crippen molar-refractivity contribution in [3.8, 4) is 17.2 Å². The van der Waals surface area contributed by atoms with Gasteiger partial charge >= 0.3 is 0 Å². The number of hydrogen-bond donors (Lipinski definition) is 1. The van der Waals surface area contributed by atoms with Crippen molar-refractivity contribution in [3.05, 3.63) is 86.5 Å². The Kier molecular flexibility index (Phi) is 5.68. The van der Waals surface area contributed by atoms with Crippen LogP contribution in [0.4, 0.5) is 17.1 Å². The van der Waals surface area contributed by atoms with E-state index in [1.165, 1.54) is 0 Å². The zero-order valence-electron chi connectivity index (χ0n) is 17.2. The lowest BCUT2D eigenvalue weighted by molar-refractivity contribution is -0.394. The van der Waals surface area contributed by atoms with Gasteiger partial charge in [-0.2, -0.15) is 0 Å². The Bertz CT molecular complexity index is 1380. The number of rotatable bonds is 7. The SMILES string of the molecule is CCOc1ccc(-c2nc3cc(NC(=O)c4ccc([N+](=O)[O-])cc4[N+](=O)[O-])ccc3o2)cc1. The Balaban J connectivity index is 1.59. The van der Waals surface area contributed by atoms with E-state index < -0.39 is 27.1 Å². The van der Waals surface area contributed by atoms with Crippen LogP contribution in [0.2, 0.25) is 0 Å². The van der Waals surface area contributed by atoms with Gasteiger partial charge in [0.05, 0.1) is 22.5 Å². The van der Waals surface area contributed by atoms with Crippen LogP contribution in [0.3, 0.4) is 0 Å². The van der Waals surface area contributed by atoms with Crippen LogP contribution in [-0.2, 0) is 0 Å². The lowest BCUT2D eigenvalue weighted by Crippen LogP contribution is -2.14. The number of carbonyl (C=O) groups excluding carboxylic acids is 1. The topological polar surface area (TPSA) is 151 Å². The van der Waals surface area contributed by atoms with Crippen molar-refractivity contribution in [2.45, 2.75) is 6.92 Å². The number of aromatic nitrogens is 1. The quantitative estimate of drug-likeness (QED) is 0.308. The van der Waals surface area contributed by atoms with Crippen LogP contribution < -0.4 is 10.1 Å². The fraction of sp³-hybridized carbons (Fsp3) is 0.0909. The number of oxazole rings is 1. The number of anilines is 1. The minimum atomic E-state index is -0.841. The highest BCUT2D eigenvalue weighted by Crippen LogP contribution is 2.29. The number of carbonyl (C=O) groups is 1. The molecule has 0 aliphatic heterocycles. The summed E-state index contributed by atoms with van der Waals surface area (Å²) >= 11 is 0. The maximum absolute atomic E-state index is 12.6. The van der Waals surface area contributed by atoms with Crippen molar-refractivity contribution in [2.24, 2.45) is 0 Å². The van der Waals surface area contributed by atoms with Gasteiger partial charge in [0.2, 0.25) is 5.89 Å². The number of nitro groups is 2.